The van der Waals surface area contributed by atoms with Crippen molar-refractivity contribution in [2.45, 2.75) is 19.8 Å². The number of benzene rings is 1. The monoisotopic (exact) mass is 490 g/mol. The van der Waals surface area contributed by atoms with E-state index in [0.29, 0.717) is 6.61 Å². The molecule has 5 radical (unpaired) electrons. The smallest absolute Gasteiger partial charge is 0.462 e. The molecule has 0 spiro atoms. The molecule has 0 heterocycles. The Kier molecular flexibility index (Phi) is 8.67. The van der Waals surface area contributed by atoms with E-state index in [0.717, 1.165) is 12.8 Å². The van der Waals surface area contributed by atoms with Crippen LogP contribution in [0.25, 0.3) is 0 Å². The molecule has 0 aliphatic heterocycles. The second-order valence-electron chi connectivity index (χ2n) is 4.62. The standard InChI is InChI=1S/C17H17O4.Tl/c1-13(18)21-16-11-5-4-10-15(16)17(19)20-12-6-9-14-7-2-3-8-14;/h2-5,7-8,10-11H,6,9,12H2,1H3;/q;+1. The van der Waals surface area contributed by atoms with Crippen LogP contribution in [0.5, 0.6) is 5.75 Å². The predicted molar refractivity (Wildman–Crippen MR) is 83.5 cm³/mol. The molecule has 0 aromatic heterocycles. The van der Waals surface area contributed by atoms with Gasteiger partial charge in [0.15, 0.2) is 0 Å². The zero-order valence-electron chi connectivity index (χ0n) is 12.5. The van der Waals surface area contributed by atoms with Crippen molar-refractivity contribution >= 4 is 39.2 Å². The number of rotatable bonds is 6. The van der Waals surface area contributed by atoms with Crippen LogP contribution < -0.4 is 4.74 Å². The van der Waals surface area contributed by atoms with Gasteiger partial charge < -0.3 is 9.47 Å². The van der Waals surface area contributed by atoms with E-state index in [2.05, 4.69) is 0 Å². The predicted octanol–water partition coefficient (Wildman–Crippen LogP) is 2.57. The number of hydrogen-bond acceptors (Lipinski definition) is 4. The van der Waals surface area contributed by atoms with Crippen LogP contribution in [0.4, 0.5) is 0 Å². The summed E-state index contributed by atoms with van der Waals surface area (Å²) < 4.78 is 10.2. The Labute approximate surface area is 151 Å². The second-order valence-corrected chi connectivity index (χ2v) is 4.62. The van der Waals surface area contributed by atoms with Crippen LogP contribution in [0.3, 0.4) is 0 Å². The molecular weight excluding hydrogens is 473 g/mol. The fraction of sp³-hybridized carbons (Fsp3) is 0.235. The Hall–Kier alpha value is -0.918. The summed E-state index contributed by atoms with van der Waals surface area (Å²) in [6.45, 7) is 1.63. The average Bonchev–Trinajstić information content (AvgIpc) is 2.96. The van der Waals surface area contributed by atoms with E-state index in [1.165, 1.54) is 12.8 Å². The normalized spacial score (nSPS) is 14.2. The molecule has 1 aromatic carbocycles. The van der Waals surface area contributed by atoms with Crippen molar-refractivity contribution < 1.29 is 19.1 Å². The fourth-order valence-electron chi connectivity index (χ4n) is 1.98. The SMILES string of the molecule is CC(=O)Oc1ccccc1C(=O)OCCC[C]1[CH][CH][CH][CH]1.[Tl+]. The number of para-hydroxylation sites is 1. The summed E-state index contributed by atoms with van der Waals surface area (Å²) >= 11 is 0. The van der Waals surface area contributed by atoms with Crippen molar-refractivity contribution in [1.82, 2.24) is 0 Å². The number of hydrogen-bond donors (Lipinski definition) is 0. The average molecular weight is 490 g/mol. The first kappa shape index (κ1) is 19.1. The van der Waals surface area contributed by atoms with Crippen LogP contribution in [-0.4, -0.2) is 45.8 Å². The summed E-state index contributed by atoms with van der Waals surface area (Å²) in [5.41, 5.74) is 0.265. The first-order valence-corrected chi connectivity index (χ1v) is 6.82. The minimum Gasteiger partial charge on any atom is -0.462 e. The zero-order valence-corrected chi connectivity index (χ0v) is 16.9. The Morgan fingerprint density at radius 3 is 2.45 bits per heavy atom. The van der Waals surface area contributed by atoms with E-state index in [4.69, 9.17) is 9.47 Å². The Morgan fingerprint density at radius 2 is 1.77 bits per heavy atom. The van der Waals surface area contributed by atoms with Gasteiger partial charge in [-0.05, 0) is 56.6 Å². The van der Waals surface area contributed by atoms with E-state index < -0.39 is 11.9 Å². The first-order valence-electron chi connectivity index (χ1n) is 6.82. The molecule has 0 unspecified atom stereocenters. The molecule has 1 aliphatic carbocycles. The summed E-state index contributed by atoms with van der Waals surface area (Å²) in [7, 11) is 0. The van der Waals surface area contributed by atoms with E-state index in [-0.39, 0.29) is 38.6 Å². The molecular formula is C17H17O4Tl+. The van der Waals surface area contributed by atoms with Crippen LogP contribution >= 0.6 is 0 Å². The summed E-state index contributed by atoms with van der Waals surface area (Å²) in [4.78, 5) is 23.0. The third kappa shape index (κ3) is 6.06. The topological polar surface area (TPSA) is 52.6 Å². The van der Waals surface area contributed by atoms with E-state index >= 15 is 0 Å². The maximum Gasteiger partial charge on any atom is 1.00 e. The van der Waals surface area contributed by atoms with Crippen molar-refractivity contribution in [2.24, 2.45) is 0 Å². The quantitative estimate of drug-likeness (QED) is 0.267. The Bertz CT molecular complexity index is 495. The van der Waals surface area contributed by atoms with Crippen molar-refractivity contribution in [2.75, 3.05) is 6.61 Å². The number of carbonyl (C=O) groups is 2. The van der Waals surface area contributed by atoms with Crippen molar-refractivity contribution in [1.29, 1.82) is 0 Å². The van der Waals surface area contributed by atoms with Gasteiger partial charge in [-0.25, -0.2) is 4.79 Å². The van der Waals surface area contributed by atoms with Gasteiger partial charge in [0.05, 0.1) is 6.61 Å². The van der Waals surface area contributed by atoms with Gasteiger partial charge in [0.25, 0.3) is 0 Å². The van der Waals surface area contributed by atoms with Gasteiger partial charge in [0.2, 0.25) is 0 Å². The Balaban J connectivity index is 0.00000242. The first-order chi connectivity index (χ1) is 10.2. The molecule has 1 saturated carbocycles. The van der Waals surface area contributed by atoms with Crippen LogP contribution in [0.15, 0.2) is 24.3 Å². The molecule has 0 saturated heterocycles. The third-order valence-electron chi connectivity index (χ3n) is 2.94. The second kappa shape index (κ2) is 9.97. The summed E-state index contributed by atoms with van der Waals surface area (Å²) in [6.07, 6.45) is 9.67. The molecule has 5 heteroatoms. The van der Waals surface area contributed by atoms with Gasteiger partial charge >= 0.3 is 39.2 Å². The van der Waals surface area contributed by atoms with Crippen LogP contribution in [0.1, 0.15) is 30.1 Å². The number of ether oxygens (including phenoxy) is 2. The molecule has 1 aliphatic rings. The maximum absolute atomic E-state index is 12.0. The number of carbonyl (C=O) groups excluding carboxylic acids is 2. The minimum absolute atomic E-state index is 0. The van der Waals surface area contributed by atoms with Gasteiger partial charge in [-0.15, -0.1) is 0 Å². The molecule has 0 bridgehead atoms. The molecule has 0 atom stereocenters. The van der Waals surface area contributed by atoms with Gasteiger partial charge in [-0.3, -0.25) is 4.79 Å². The maximum atomic E-state index is 12.0. The molecule has 111 valence electrons. The summed E-state index contributed by atoms with van der Waals surface area (Å²) in [5.74, 6) is 0.512. The van der Waals surface area contributed by atoms with Crippen molar-refractivity contribution in [3.63, 3.8) is 0 Å². The Morgan fingerprint density at radius 1 is 1.09 bits per heavy atom. The minimum atomic E-state index is -0.477. The van der Waals surface area contributed by atoms with Crippen LogP contribution in [0.2, 0.25) is 0 Å². The number of esters is 2. The van der Waals surface area contributed by atoms with Crippen molar-refractivity contribution in [3.8, 4) is 5.75 Å². The largest absolute Gasteiger partial charge is 1.00 e. The molecule has 4 nitrogen and oxygen atoms in total. The van der Waals surface area contributed by atoms with E-state index in [9.17, 15) is 9.59 Å². The van der Waals surface area contributed by atoms with Gasteiger partial charge in [0.1, 0.15) is 11.3 Å². The summed E-state index contributed by atoms with van der Waals surface area (Å²) in [6, 6.07) is 6.55. The van der Waals surface area contributed by atoms with Crippen LogP contribution in [-0.2, 0) is 9.53 Å². The molecule has 0 N–H and O–H groups in total. The van der Waals surface area contributed by atoms with Gasteiger partial charge in [-0.2, -0.15) is 0 Å². The van der Waals surface area contributed by atoms with Crippen molar-refractivity contribution in [3.05, 3.63) is 61.4 Å². The molecule has 2 rings (SSSR count). The van der Waals surface area contributed by atoms with E-state index in [1.54, 1.807) is 24.3 Å². The molecule has 22 heavy (non-hydrogen) atoms. The third-order valence-corrected chi connectivity index (χ3v) is 2.94. The zero-order chi connectivity index (χ0) is 15.1. The summed E-state index contributed by atoms with van der Waals surface area (Å²) in [5, 5.41) is 0. The molecule has 1 aromatic rings. The van der Waals surface area contributed by atoms with Gasteiger partial charge in [0, 0.05) is 6.92 Å². The fourth-order valence-corrected chi connectivity index (χ4v) is 1.98. The molecule has 0 amide bonds. The van der Waals surface area contributed by atoms with Gasteiger partial charge in [-0.1, -0.05) is 12.1 Å². The van der Waals surface area contributed by atoms with E-state index in [1.807, 2.05) is 25.7 Å². The molecule has 1 fully saturated rings. The van der Waals surface area contributed by atoms with Crippen LogP contribution in [0, 0.1) is 31.6 Å².